The molecule has 0 aromatic carbocycles. The molecule has 15 heavy (non-hydrogen) atoms. The van der Waals surface area contributed by atoms with Crippen LogP contribution in [0.15, 0.2) is 4.99 Å². The van der Waals surface area contributed by atoms with Crippen molar-refractivity contribution in [2.24, 2.45) is 4.99 Å². The van der Waals surface area contributed by atoms with Crippen LogP contribution in [0.3, 0.4) is 0 Å². The smallest absolute Gasteiger partial charge is 0.331 e. The van der Waals surface area contributed by atoms with E-state index in [2.05, 4.69) is 31.8 Å². The molecule has 0 rings (SSSR count). The molecule has 0 unspecified atom stereocenters. The highest BCUT2D eigenvalue weighted by molar-refractivity contribution is 7.78. The molecule has 0 N–H and O–H groups in total. The zero-order valence-corrected chi connectivity index (χ0v) is 9.50. The van der Waals surface area contributed by atoms with E-state index in [4.69, 9.17) is 0 Å². The highest BCUT2D eigenvalue weighted by atomic mass is 32.1. The first-order valence-corrected chi connectivity index (χ1v) is 4.78. The summed E-state index contributed by atoms with van der Waals surface area (Å²) < 4.78 is 8.97. The van der Waals surface area contributed by atoms with Crippen LogP contribution in [0, 0.1) is 0 Å². The van der Waals surface area contributed by atoms with E-state index in [-0.39, 0.29) is 12.4 Å². The second kappa shape index (κ2) is 8.08. The zero-order chi connectivity index (χ0) is 11.7. The molecule has 0 bridgehead atoms. The van der Waals surface area contributed by atoms with Crippen LogP contribution in [0.4, 0.5) is 0 Å². The van der Waals surface area contributed by atoms with E-state index in [1.165, 1.54) is 14.2 Å². The van der Waals surface area contributed by atoms with Gasteiger partial charge in [-0.15, -0.1) is 0 Å². The number of carbonyl (C=O) groups excluding carboxylic acids is 2. The van der Waals surface area contributed by atoms with Crippen molar-refractivity contribution < 1.29 is 19.1 Å². The number of isothiocyanates is 1. The van der Waals surface area contributed by atoms with Crippen molar-refractivity contribution in [3.8, 4) is 0 Å². The molecule has 0 spiro atoms. The van der Waals surface area contributed by atoms with Gasteiger partial charge in [0, 0.05) is 6.42 Å². The summed E-state index contributed by atoms with van der Waals surface area (Å²) in [5, 5.41) is 2.13. The van der Waals surface area contributed by atoms with Crippen molar-refractivity contribution in [1.29, 1.82) is 0 Å². The fraction of sp³-hybridized carbons (Fsp3) is 0.667. The summed E-state index contributed by atoms with van der Waals surface area (Å²) in [6.07, 6.45) is 1.13. The van der Waals surface area contributed by atoms with E-state index in [9.17, 15) is 9.59 Å². The predicted molar refractivity (Wildman–Crippen MR) is 56.7 cm³/mol. The Morgan fingerprint density at radius 3 is 2.53 bits per heavy atom. The quantitative estimate of drug-likeness (QED) is 0.387. The molecule has 0 heterocycles. The maximum atomic E-state index is 11.1. The number of thiocarbonyl (C=S) groups is 1. The largest absolute Gasteiger partial charge is 0.469 e. The summed E-state index contributed by atoms with van der Waals surface area (Å²) in [5.41, 5.74) is 0. The molecule has 0 aromatic rings. The summed E-state index contributed by atoms with van der Waals surface area (Å²) in [7, 11) is 2.59. The Hall–Kier alpha value is -1.26. The van der Waals surface area contributed by atoms with Crippen LogP contribution in [0.5, 0.6) is 0 Å². The van der Waals surface area contributed by atoms with Gasteiger partial charge < -0.3 is 9.47 Å². The highest BCUT2D eigenvalue weighted by Gasteiger charge is 2.17. The van der Waals surface area contributed by atoms with Crippen molar-refractivity contribution in [1.82, 2.24) is 0 Å². The van der Waals surface area contributed by atoms with Gasteiger partial charge in [0.15, 0.2) is 6.04 Å². The van der Waals surface area contributed by atoms with Crippen LogP contribution in [0.25, 0.3) is 0 Å². The van der Waals surface area contributed by atoms with Crippen LogP contribution in [0.2, 0.25) is 0 Å². The Kier molecular flexibility index (Phi) is 7.40. The van der Waals surface area contributed by atoms with Crippen molar-refractivity contribution in [2.45, 2.75) is 25.3 Å². The third kappa shape index (κ3) is 5.93. The maximum Gasteiger partial charge on any atom is 0.331 e. The molecule has 5 nitrogen and oxygen atoms in total. The number of hydrogen-bond acceptors (Lipinski definition) is 6. The molecule has 0 aromatic heterocycles. The summed E-state index contributed by atoms with van der Waals surface area (Å²) in [6.45, 7) is 0. The second-order valence-corrected chi connectivity index (χ2v) is 2.91. The molecule has 84 valence electrons. The van der Waals surface area contributed by atoms with Crippen molar-refractivity contribution in [3.63, 3.8) is 0 Å². The predicted octanol–water partition coefficient (Wildman–Crippen LogP) is 0.974. The van der Waals surface area contributed by atoms with Gasteiger partial charge in [-0.2, -0.15) is 0 Å². The SMILES string of the molecule is COC(=O)CCC[C@H](N=C=S)C(=O)OC. The molecule has 0 fully saturated rings. The number of aliphatic imine (C=N–C) groups is 1. The van der Waals surface area contributed by atoms with Gasteiger partial charge in [0.25, 0.3) is 0 Å². The first kappa shape index (κ1) is 13.7. The molecule has 0 saturated heterocycles. The number of nitrogens with zero attached hydrogens (tertiary/aromatic N) is 1. The second-order valence-electron chi connectivity index (χ2n) is 2.73. The lowest BCUT2D eigenvalue weighted by Gasteiger charge is -2.07. The summed E-state index contributed by atoms with van der Waals surface area (Å²) in [5.74, 6) is -0.790. The fourth-order valence-corrected chi connectivity index (χ4v) is 1.10. The molecule has 6 heteroatoms. The van der Waals surface area contributed by atoms with Crippen molar-refractivity contribution in [2.75, 3.05) is 14.2 Å². The Morgan fingerprint density at radius 2 is 2.07 bits per heavy atom. The zero-order valence-electron chi connectivity index (χ0n) is 8.69. The summed E-state index contributed by atoms with van der Waals surface area (Å²) in [4.78, 5) is 25.6. The Balaban J connectivity index is 4.02. The van der Waals surface area contributed by atoms with Gasteiger partial charge in [0.1, 0.15) is 0 Å². The van der Waals surface area contributed by atoms with Gasteiger partial charge in [-0.25, -0.2) is 9.79 Å². The summed E-state index contributed by atoms with van der Waals surface area (Å²) in [6, 6.07) is -0.669. The maximum absolute atomic E-state index is 11.1. The molecule has 0 aliphatic carbocycles. The molecular weight excluding hydrogens is 218 g/mol. The van der Waals surface area contributed by atoms with Gasteiger partial charge in [0.05, 0.1) is 19.4 Å². The molecule has 1 atom stereocenters. The average molecular weight is 231 g/mol. The van der Waals surface area contributed by atoms with Crippen molar-refractivity contribution >= 4 is 29.3 Å². The molecule has 0 amide bonds. The number of rotatable bonds is 6. The van der Waals surface area contributed by atoms with Crippen LogP contribution in [0.1, 0.15) is 19.3 Å². The van der Waals surface area contributed by atoms with Crippen LogP contribution < -0.4 is 0 Å². The van der Waals surface area contributed by atoms with Gasteiger partial charge in [-0.05, 0) is 25.1 Å². The van der Waals surface area contributed by atoms with Gasteiger partial charge >= 0.3 is 11.9 Å². The lowest BCUT2D eigenvalue weighted by molar-refractivity contribution is -0.143. The van der Waals surface area contributed by atoms with Gasteiger partial charge in [-0.3, -0.25) is 4.79 Å². The summed E-state index contributed by atoms with van der Waals surface area (Å²) >= 11 is 4.40. The Morgan fingerprint density at radius 1 is 1.40 bits per heavy atom. The number of methoxy groups -OCH3 is 2. The van der Waals surface area contributed by atoms with Crippen LogP contribution >= 0.6 is 12.2 Å². The van der Waals surface area contributed by atoms with Gasteiger partial charge in [-0.1, -0.05) is 0 Å². The number of hydrogen-bond donors (Lipinski definition) is 0. The molecular formula is C9H13NO4S. The topological polar surface area (TPSA) is 65.0 Å². The molecule has 0 aliphatic rings. The average Bonchev–Trinajstić information content (AvgIpc) is 2.26. The van der Waals surface area contributed by atoms with Crippen LogP contribution in [-0.2, 0) is 19.1 Å². The third-order valence-corrected chi connectivity index (χ3v) is 1.87. The molecule has 0 aliphatic heterocycles. The Labute approximate surface area is 93.5 Å². The van der Waals surface area contributed by atoms with E-state index < -0.39 is 12.0 Å². The van der Waals surface area contributed by atoms with E-state index in [1.54, 1.807) is 0 Å². The van der Waals surface area contributed by atoms with Gasteiger partial charge in [0.2, 0.25) is 0 Å². The first-order valence-electron chi connectivity index (χ1n) is 4.37. The minimum Gasteiger partial charge on any atom is -0.469 e. The number of esters is 2. The first-order chi connectivity index (χ1) is 7.15. The lowest BCUT2D eigenvalue weighted by Crippen LogP contribution is -2.20. The standard InChI is InChI=1S/C9H13NO4S/c1-13-8(11)5-3-4-7(10-6-15)9(12)14-2/h7H,3-5H2,1-2H3/t7-/m0/s1. The highest BCUT2D eigenvalue weighted by Crippen LogP contribution is 2.06. The van der Waals surface area contributed by atoms with E-state index in [1.807, 2.05) is 0 Å². The van der Waals surface area contributed by atoms with Crippen molar-refractivity contribution in [3.05, 3.63) is 0 Å². The number of ether oxygens (including phenoxy) is 2. The monoisotopic (exact) mass is 231 g/mol. The van der Waals surface area contributed by atoms with Crippen LogP contribution in [-0.4, -0.2) is 37.4 Å². The van der Waals surface area contributed by atoms with E-state index in [0.29, 0.717) is 12.8 Å². The molecule has 0 saturated carbocycles. The minimum atomic E-state index is -0.669. The number of carbonyl (C=O) groups is 2. The molecule has 0 radical (unpaired) electrons. The van der Waals surface area contributed by atoms with E-state index >= 15 is 0 Å². The Bertz CT molecular complexity index is 273. The third-order valence-electron chi connectivity index (χ3n) is 1.77. The van der Waals surface area contributed by atoms with E-state index in [0.717, 1.165) is 0 Å². The minimum absolute atomic E-state index is 0.247. The lowest BCUT2D eigenvalue weighted by atomic mass is 10.1. The fourth-order valence-electron chi connectivity index (χ4n) is 0.977. The normalized spacial score (nSPS) is 11.1.